The van der Waals surface area contributed by atoms with Gasteiger partial charge >= 0.3 is 18.1 Å². The molecule has 5 rings (SSSR count). The monoisotopic (exact) mass is 601 g/mol. The summed E-state index contributed by atoms with van der Waals surface area (Å²) in [4.78, 5) is 19.1. The van der Waals surface area contributed by atoms with E-state index in [1.807, 2.05) is 6.07 Å². The Bertz CT molecular complexity index is 1340. The summed E-state index contributed by atoms with van der Waals surface area (Å²) in [5.41, 5.74) is 3.15. The number of rotatable bonds is 8. The van der Waals surface area contributed by atoms with E-state index in [0.717, 1.165) is 43.8 Å². The maximum Gasteiger partial charge on any atom is 0.416 e. The summed E-state index contributed by atoms with van der Waals surface area (Å²) in [5.74, 6) is 0.204. The van der Waals surface area contributed by atoms with Gasteiger partial charge in [0.15, 0.2) is 0 Å². The van der Waals surface area contributed by atoms with Crippen LogP contribution in [0, 0.1) is 17.3 Å². The minimum absolute atomic E-state index is 0.181. The Kier molecular flexibility index (Phi) is 10.2. The van der Waals surface area contributed by atoms with Gasteiger partial charge in [-0.15, -0.1) is 0 Å². The molecule has 43 heavy (non-hydrogen) atoms. The van der Waals surface area contributed by atoms with E-state index in [-0.39, 0.29) is 5.41 Å². The first-order valence-corrected chi connectivity index (χ1v) is 14.5. The lowest BCUT2D eigenvalue weighted by Crippen LogP contribution is -2.48. The van der Waals surface area contributed by atoms with E-state index in [9.17, 15) is 22.8 Å². The third-order valence-electron chi connectivity index (χ3n) is 9.33. The fourth-order valence-corrected chi connectivity index (χ4v) is 7.41. The van der Waals surface area contributed by atoms with Crippen LogP contribution >= 0.6 is 0 Å². The average Bonchev–Trinajstić information content (AvgIpc) is 3.31. The van der Waals surface area contributed by atoms with Gasteiger partial charge in [0.25, 0.3) is 0 Å². The molecular weight excluding hydrogens is 563 g/mol. The SMILES string of the molecule is C[C@]12CC[C@@H]3c4ccc(OCC=CO)cc4CC[C@H]3[C@@H]1CC[C@@H]2NCc1cccc(C(F)(F)F)c1.O=C(O)/C=C/C(=O)O. The van der Waals surface area contributed by atoms with Gasteiger partial charge in [-0.2, -0.15) is 13.2 Å². The van der Waals surface area contributed by atoms with Crippen molar-refractivity contribution in [2.45, 2.75) is 70.1 Å². The van der Waals surface area contributed by atoms with Crippen molar-refractivity contribution in [2.75, 3.05) is 6.61 Å². The molecule has 232 valence electrons. The molecule has 0 heterocycles. The maximum atomic E-state index is 13.1. The molecule has 7 nitrogen and oxygen atoms in total. The fourth-order valence-electron chi connectivity index (χ4n) is 7.41. The van der Waals surface area contributed by atoms with Crippen LogP contribution in [0.15, 0.2) is 67.0 Å². The Hall–Kier alpha value is -3.79. The zero-order valence-corrected chi connectivity index (χ0v) is 24.0. The normalized spacial score (nSPS) is 26.2. The quantitative estimate of drug-likeness (QED) is 0.193. The molecule has 0 aromatic heterocycles. The summed E-state index contributed by atoms with van der Waals surface area (Å²) in [6.45, 7) is 3.24. The molecule has 3 aliphatic carbocycles. The number of aliphatic carboxylic acids is 2. The molecular formula is C33H38F3NO6. The van der Waals surface area contributed by atoms with Gasteiger partial charge in [-0.1, -0.05) is 31.2 Å². The standard InChI is InChI=1S/C29H34F3NO2.C4H4O4/c1-28-13-12-24-23-9-7-22(35-15-3-14-34)17-20(23)6-8-25(24)26(28)10-11-27(28)33-18-19-4-2-5-21(16-19)29(30,31)32;5-3(6)1-2-4(7)8/h2-5,7,9,14,16-17,24-27,33-34H,6,8,10-13,15,18H2,1H3;1-2H,(H,5,6)(H,7,8)/b;2-1+/t24-,25-,26+,27+,28+;/m1./s1. The number of carboxylic acid groups (broad SMARTS) is 2. The Morgan fingerprint density at radius 2 is 1.79 bits per heavy atom. The highest BCUT2D eigenvalue weighted by molar-refractivity contribution is 5.89. The lowest BCUT2D eigenvalue weighted by Gasteiger charge is -2.51. The maximum absolute atomic E-state index is 13.1. The van der Waals surface area contributed by atoms with Gasteiger partial charge in [-0.3, -0.25) is 0 Å². The van der Waals surface area contributed by atoms with Gasteiger partial charge in [0.2, 0.25) is 0 Å². The topological polar surface area (TPSA) is 116 Å². The van der Waals surface area contributed by atoms with E-state index < -0.39 is 23.7 Å². The molecule has 2 saturated carbocycles. The van der Waals surface area contributed by atoms with Crippen LogP contribution < -0.4 is 10.1 Å². The first-order valence-electron chi connectivity index (χ1n) is 14.5. The lowest BCUT2D eigenvalue weighted by atomic mass is 9.55. The molecule has 0 unspecified atom stereocenters. The predicted octanol–water partition coefficient (Wildman–Crippen LogP) is 6.88. The second-order valence-corrected chi connectivity index (χ2v) is 11.7. The lowest BCUT2D eigenvalue weighted by molar-refractivity contribution is -0.137. The van der Waals surface area contributed by atoms with Crippen molar-refractivity contribution in [2.24, 2.45) is 17.3 Å². The molecule has 5 atom stereocenters. The van der Waals surface area contributed by atoms with Crippen LogP contribution in [-0.4, -0.2) is 39.9 Å². The van der Waals surface area contributed by atoms with Crippen LogP contribution in [-0.2, 0) is 28.7 Å². The first-order chi connectivity index (χ1) is 20.4. The predicted molar refractivity (Wildman–Crippen MR) is 155 cm³/mol. The van der Waals surface area contributed by atoms with E-state index in [1.165, 1.54) is 36.1 Å². The van der Waals surface area contributed by atoms with Crippen molar-refractivity contribution in [1.82, 2.24) is 5.32 Å². The number of halogens is 3. The number of ether oxygens (including phenoxy) is 1. The van der Waals surface area contributed by atoms with Gasteiger partial charge in [-0.05, 0) is 103 Å². The molecule has 2 aromatic carbocycles. The zero-order valence-electron chi connectivity index (χ0n) is 24.0. The Morgan fingerprint density at radius 1 is 1.05 bits per heavy atom. The highest BCUT2D eigenvalue weighted by Crippen LogP contribution is 2.61. The van der Waals surface area contributed by atoms with Crippen molar-refractivity contribution >= 4 is 11.9 Å². The van der Waals surface area contributed by atoms with Crippen LogP contribution in [0.5, 0.6) is 5.75 Å². The minimum atomic E-state index is -4.31. The van der Waals surface area contributed by atoms with Crippen LogP contribution in [0.3, 0.4) is 0 Å². The van der Waals surface area contributed by atoms with E-state index in [0.29, 0.717) is 54.7 Å². The molecule has 10 heteroatoms. The number of hydrogen-bond donors (Lipinski definition) is 4. The van der Waals surface area contributed by atoms with Crippen molar-refractivity contribution in [1.29, 1.82) is 0 Å². The van der Waals surface area contributed by atoms with Gasteiger partial charge < -0.3 is 25.4 Å². The smallest absolute Gasteiger partial charge is 0.416 e. The number of nitrogens with one attached hydrogen (secondary N) is 1. The summed E-state index contributed by atoms with van der Waals surface area (Å²) in [7, 11) is 0. The van der Waals surface area contributed by atoms with Crippen molar-refractivity contribution in [3.8, 4) is 5.75 Å². The minimum Gasteiger partial charge on any atom is -0.516 e. The molecule has 0 saturated heterocycles. The van der Waals surface area contributed by atoms with Crippen LogP contribution in [0.1, 0.15) is 67.2 Å². The number of hydrogen-bond acceptors (Lipinski definition) is 5. The van der Waals surface area contributed by atoms with Gasteiger partial charge in [0.1, 0.15) is 12.4 Å². The molecule has 0 amide bonds. The molecule has 2 fully saturated rings. The van der Waals surface area contributed by atoms with Crippen molar-refractivity contribution < 1.29 is 42.8 Å². The average molecular weight is 602 g/mol. The number of aryl methyl sites for hydroxylation is 1. The van der Waals surface area contributed by atoms with E-state index in [1.54, 1.807) is 12.1 Å². The number of fused-ring (bicyclic) bond motifs is 5. The largest absolute Gasteiger partial charge is 0.516 e. The highest BCUT2D eigenvalue weighted by Gasteiger charge is 2.54. The van der Waals surface area contributed by atoms with Gasteiger partial charge in [0, 0.05) is 24.7 Å². The van der Waals surface area contributed by atoms with E-state index in [4.69, 9.17) is 20.1 Å². The molecule has 0 bridgehead atoms. The number of aliphatic hydroxyl groups excluding tert-OH is 1. The number of aliphatic hydroxyl groups is 1. The Labute approximate surface area is 249 Å². The van der Waals surface area contributed by atoms with Crippen LogP contribution in [0.2, 0.25) is 0 Å². The second kappa shape index (κ2) is 13.7. The number of carboxylic acids is 2. The summed E-state index contributed by atoms with van der Waals surface area (Å²) in [6, 6.07) is 12.5. The van der Waals surface area contributed by atoms with E-state index >= 15 is 0 Å². The zero-order chi connectivity index (χ0) is 31.2. The molecule has 0 spiro atoms. The summed E-state index contributed by atoms with van der Waals surface area (Å²) in [6.07, 6.45) is 6.18. The molecule has 4 N–H and O–H groups in total. The summed E-state index contributed by atoms with van der Waals surface area (Å²) in [5, 5.41) is 28.1. The highest BCUT2D eigenvalue weighted by atomic mass is 19.4. The van der Waals surface area contributed by atoms with Crippen molar-refractivity contribution in [3.63, 3.8) is 0 Å². The molecule has 0 aliphatic heterocycles. The third-order valence-corrected chi connectivity index (χ3v) is 9.33. The summed E-state index contributed by atoms with van der Waals surface area (Å²) < 4.78 is 45.0. The number of alkyl halides is 3. The van der Waals surface area contributed by atoms with Gasteiger partial charge in [-0.25, -0.2) is 9.59 Å². The number of carbonyl (C=O) groups is 2. The van der Waals surface area contributed by atoms with Crippen molar-refractivity contribution in [3.05, 3.63) is 89.2 Å². The summed E-state index contributed by atoms with van der Waals surface area (Å²) >= 11 is 0. The Morgan fingerprint density at radius 3 is 2.47 bits per heavy atom. The first kappa shape index (κ1) is 32.1. The fraction of sp³-hybridized carbons (Fsp3) is 0.455. The Balaban J connectivity index is 0.000000467. The second-order valence-electron chi connectivity index (χ2n) is 11.7. The third kappa shape index (κ3) is 7.79. The molecule has 2 aromatic rings. The van der Waals surface area contributed by atoms with E-state index in [2.05, 4.69) is 24.4 Å². The van der Waals surface area contributed by atoms with Crippen LogP contribution in [0.4, 0.5) is 13.2 Å². The van der Waals surface area contributed by atoms with Gasteiger partial charge in [0.05, 0.1) is 11.8 Å². The van der Waals surface area contributed by atoms with Crippen LogP contribution in [0.25, 0.3) is 0 Å². The molecule has 3 aliphatic rings. The molecule has 0 radical (unpaired) electrons. The number of benzene rings is 2.